The second-order valence-electron chi connectivity index (χ2n) is 5.48. The minimum absolute atomic E-state index is 0.163. The van der Waals surface area contributed by atoms with Crippen molar-refractivity contribution in [1.82, 2.24) is 8.87 Å². The molecule has 2 aromatic rings. The molecule has 0 saturated carbocycles. The molecule has 3 heterocycles. The zero-order chi connectivity index (χ0) is 17.3. The van der Waals surface area contributed by atoms with Gasteiger partial charge in [-0.1, -0.05) is 0 Å². The molecule has 1 fully saturated rings. The van der Waals surface area contributed by atoms with Crippen molar-refractivity contribution < 1.29 is 13.2 Å². The first-order valence-electron chi connectivity index (χ1n) is 7.32. The second-order valence-corrected chi connectivity index (χ2v) is 11.0. The highest BCUT2D eigenvalue weighted by Crippen LogP contribution is 2.30. The van der Waals surface area contributed by atoms with Crippen LogP contribution in [-0.4, -0.2) is 36.3 Å². The number of rotatable bonds is 3. The lowest BCUT2D eigenvalue weighted by Crippen LogP contribution is -2.40. The van der Waals surface area contributed by atoms with Crippen LogP contribution in [0.15, 0.2) is 36.7 Å². The Labute approximate surface area is 156 Å². The number of aryl methyl sites for hydroxylation is 1. The van der Waals surface area contributed by atoms with E-state index in [1.54, 1.807) is 16.7 Å². The Bertz CT molecular complexity index is 905. The van der Waals surface area contributed by atoms with Gasteiger partial charge in [0.05, 0.1) is 3.79 Å². The largest absolute Gasteiger partial charge is 0.327 e. The van der Waals surface area contributed by atoms with E-state index in [1.165, 1.54) is 27.0 Å². The van der Waals surface area contributed by atoms with Gasteiger partial charge in [-0.25, -0.2) is 8.42 Å². The molecule has 6 nitrogen and oxygen atoms in total. The molecule has 2 aromatic heterocycles. The van der Waals surface area contributed by atoms with Crippen LogP contribution in [0, 0.1) is 5.92 Å². The van der Waals surface area contributed by atoms with Crippen molar-refractivity contribution in [1.29, 1.82) is 0 Å². The number of thiophene rings is 1. The first-order valence-corrected chi connectivity index (χ1v) is 11.2. The summed E-state index contributed by atoms with van der Waals surface area (Å²) in [5.74, 6) is -0.377. The summed E-state index contributed by atoms with van der Waals surface area (Å²) in [6.07, 6.45) is 2.86. The third kappa shape index (κ3) is 3.72. The first-order chi connectivity index (χ1) is 11.4. The zero-order valence-corrected chi connectivity index (χ0v) is 16.9. The van der Waals surface area contributed by atoms with E-state index in [1.807, 2.05) is 18.6 Å². The van der Waals surface area contributed by atoms with Crippen molar-refractivity contribution in [2.45, 2.75) is 17.1 Å². The van der Waals surface area contributed by atoms with Gasteiger partial charge < -0.3 is 4.57 Å². The van der Waals surface area contributed by atoms with Gasteiger partial charge in [0.15, 0.2) is 4.80 Å². The molecule has 24 heavy (non-hydrogen) atoms. The van der Waals surface area contributed by atoms with Gasteiger partial charge in [0.25, 0.3) is 15.9 Å². The average molecular weight is 450 g/mol. The Balaban J connectivity index is 1.68. The molecular weight excluding hydrogens is 434 g/mol. The van der Waals surface area contributed by atoms with Crippen LogP contribution in [-0.2, 0) is 21.9 Å². The monoisotopic (exact) mass is 449 g/mol. The number of hydrogen-bond donors (Lipinski definition) is 0. The quantitative estimate of drug-likeness (QED) is 0.721. The molecule has 0 aliphatic carbocycles. The highest BCUT2D eigenvalue weighted by molar-refractivity contribution is 9.11. The number of aromatic nitrogens is 1. The minimum Gasteiger partial charge on any atom is -0.327 e. The summed E-state index contributed by atoms with van der Waals surface area (Å²) in [4.78, 5) is 17.1. The fourth-order valence-electron chi connectivity index (χ4n) is 2.53. The fraction of sp³-hybridized carbons (Fsp3) is 0.429. The van der Waals surface area contributed by atoms with E-state index in [4.69, 9.17) is 0 Å². The standard InChI is InChI=1S/C14H16BrN3O3S3/c1-17-8-9-22-14(17)16-13(19)10-4-6-18(7-5-10)24(20,21)12-3-2-11(15)23-12/h2-3,8-10H,4-7H2,1H3. The summed E-state index contributed by atoms with van der Waals surface area (Å²) in [5.41, 5.74) is 0. The molecule has 0 N–H and O–H groups in total. The third-order valence-electron chi connectivity index (χ3n) is 3.91. The van der Waals surface area contributed by atoms with Gasteiger partial charge in [-0.3, -0.25) is 4.79 Å². The molecule has 1 aliphatic heterocycles. The molecular formula is C14H16BrN3O3S3. The topological polar surface area (TPSA) is 71.7 Å². The summed E-state index contributed by atoms with van der Waals surface area (Å²) in [6, 6.07) is 3.33. The second kappa shape index (κ2) is 7.20. The van der Waals surface area contributed by atoms with Crippen LogP contribution in [0.1, 0.15) is 12.8 Å². The summed E-state index contributed by atoms with van der Waals surface area (Å²) >= 11 is 5.90. The average Bonchev–Trinajstić information content (AvgIpc) is 3.17. The molecule has 0 aromatic carbocycles. The maximum Gasteiger partial charge on any atom is 0.252 e. The van der Waals surface area contributed by atoms with Gasteiger partial charge in [0.1, 0.15) is 4.21 Å². The first kappa shape index (κ1) is 18.0. The van der Waals surface area contributed by atoms with Crippen molar-refractivity contribution in [2.75, 3.05) is 13.1 Å². The lowest BCUT2D eigenvalue weighted by Gasteiger charge is -2.29. The molecule has 0 radical (unpaired) electrons. The van der Waals surface area contributed by atoms with E-state index in [0.29, 0.717) is 34.9 Å². The predicted octanol–water partition coefficient (Wildman–Crippen LogP) is 2.44. The molecule has 0 spiro atoms. The molecule has 1 amide bonds. The number of halogens is 1. The van der Waals surface area contributed by atoms with Gasteiger partial charge in [-0.05, 0) is 40.9 Å². The van der Waals surface area contributed by atoms with E-state index in [2.05, 4.69) is 20.9 Å². The van der Waals surface area contributed by atoms with Gasteiger partial charge >= 0.3 is 0 Å². The minimum atomic E-state index is -3.47. The van der Waals surface area contributed by atoms with Crippen LogP contribution >= 0.6 is 38.6 Å². The van der Waals surface area contributed by atoms with Gasteiger partial charge in [0, 0.05) is 37.6 Å². The third-order valence-corrected chi connectivity index (χ3v) is 8.75. The van der Waals surface area contributed by atoms with Crippen molar-refractivity contribution in [3.05, 3.63) is 32.3 Å². The number of thiazole rings is 1. The van der Waals surface area contributed by atoms with Crippen molar-refractivity contribution in [3.63, 3.8) is 0 Å². The van der Waals surface area contributed by atoms with E-state index >= 15 is 0 Å². The predicted molar refractivity (Wildman–Crippen MR) is 97.4 cm³/mol. The summed E-state index contributed by atoms with van der Waals surface area (Å²) in [7, 11) is -1.62. The molecule has 0 atom stereocenters. The summed E-state index contributed by atoms with van der Waals surface area (Å²) in [6.45, 7) is 0.695. The number of sulfonamides is 1. The normalized spacial score (nSPS) is 18.2. The summed E-state index contributed by atoms with van der Waals surface area (Å²) < 4.78 is 29.5. The zero-order valence-electron chi connectivity index (χ0n) is 12.9. The van der Waals surface area contributed by atoms with Crippen LogP contribution in [0.25, 0.3) is 0 Å². The molecule has 0 bridgehead atoms. The van der Waals surface area contributed by atoms with Crippen LogP contribution in [0.5, 0.6) is 0 Å². The van der Waals surface area contributed by atoms with Crippen LogP contribution in [0.2, 0.25) is 0 Å². The van der Waals surface area contributed by atoms with Gasteiger partial charge in [-0.15, -0.1) is 22.7 Å². The smallest absolute Gasteiger partial charge is 0.252 e. The maximum atomic E-state index is 12.6. The fourth-order valence-corrected chi connectivity index (χ4v) is 6.90. The number of piperidine rings is 1. The van der Waals surface area contributed by atoms with E-state index in [-0.39, 0.29) is 11.8 Å². The van der Waals surface area contributed by atoms with Crippen LogP contribution in [0.3, 0.4) is 0 Å². The van der Waals surface area contributed by atoms with E-state index in [0.717, 1.165) is 3.79 Å². The number of carbonyl (C=O) groups excluding carboxylic acids is 1. The van der Waals surface area contributed by atoms with Crippen molar-refractivity contribution in [3.8, 4) is 0 Å². The highest BCUT2D eigenvalue weighted by Gasteiger charge is 2.32. The molecule has 130 valence electrons. The molecule has 3 rings (SSSR count). The number of hydrogen-bond acceptors (Lipinski definition) is 5. The van der Waals surface area contributed by atoms with Gasteiger partial charge in [0.2, 0.25) is 0 Å². The molecule has 1 saturated heterocycles. The van der Waals surface area contributed by atoms with Crippen LogP contribution in [0.4, 0.5) is 0 Å². The SMILES string of the molecule is Cn1ccsc1=NC(=O)C1CCN(S(=O)(=O)c2ccc(Br)s2)CC1. The Kier molecular flexibility index (Phi) is 5.40. The van der Waals surface area contributed by atoms with Gasteiger partial charge in [-0.2, -0.15) is 9.30 Å². The Hall–Kier alpha value is -0.810. The molecule has 10 heteroatoms. The molecule has 0 unspecified atom stereocenters. The number of carbonyl (C=O) groups is 1. The number of nitrogens with zero attached hydrogens (tertiary/aromatic N) is 3. The Morgan fingerprint density at radius 2 is 2.04 bits per heavy atom. The Morgan fingerprint density at radius 1 is 1.33 bits per heavy atom. The highest BCUT2D eigenvalue weighted by atomic mass is 79.9. The van der Waals surface area contributed by atoms with E-state index in [9.17, 15) is 13.2 Å². The van der Waals surface area contributed by atoms with Crippen LogP contribution < -0.4 is 4.80 Å². The summed E-state index contributed by atoms with van der Waals surface area (Å²) in [5, 5.41) is 1.88. The van der Waals surface area contributed by atoms with Crippen molar-refractivity contribution >= 4 is 54.5 Å². The van der Waals surface area contributed by atoms with E-state index < -0.39 is 10.0 Å². The number of amides is 1. The maximum absolute atomic E-state index is 12.6. The lowest BCUT2D eigenvalue weighted by atomic mass is 9.98. The Morgan fingerprint density at radius 3 is 2.58 bits per heavy atom. The van der Waals surface area contributed by atoms with Crippen molar-refractivity contribution in [2.24, 2.45) is 18.0 Å². The lowest BCUT2D eigenvalue weighted by molar-refractivity contribution is -0.122. The molecule has 1 aliphatic rings.